The summed E-state index contributed by atoms with van der Waals surface area (Å²) in [6, 6.07) is 6.82. The lowest BCUT2D eigenvalue weighted by Crippen LogP contribution is -2.47. The third-order valence-corrected chi connectivity index (χ3v) is 6.50. The minimum absolute atomic E-state index is 0.0417. The number of fused-ring (bicyclic) bond motifs is 2. The minimum atomic E-state index is -0.0445. The molecule has 1 aliphatic heterocycles. The summed E-state index contributed by atoms with van der Waals surface area (Å²) in [5.74, 6) is 0.210. The summed E-state index contributed by atoms with van der Waals surface area (Å²) in [5.41, 5.74) is 5.21. The second kappa shape index (κ2) is 13.0. The van der Waals surface area contributed by atoms with Gasteiger partial charge in [-0.1, -0.05) is 18.2 Å². The van der Waals surface area contributed by atoms with Gasteiger partial charge >= 0.3 is 0 Å². The molecule has 0 radical (unpaired) electrons. The average molecular weight is 474 g/mol. The highest BCUT2D eigenvalue weighted by Gasteiger charge is 2.36. The van der Waals surface area contributed by atoms with Crippen molar-refractivity contribution in [2.75, 3.05) is 66.3 Å². The second-order valence-electron chi connectivity index (χ2n) is 8.61. The van der Waals surface area contributed by atoms with Gasteiger partial charge < -0.3 is 29.6 Å². The van der Waals surface area contributed by atoms with E-state index in [9.17, 15) is 4.79 Å². The highest BCUT2D eigenvalue weighted by Crippen LogP contribution is 2.40. The van der Waals surface area contributed by atoms with Gasteiger partial charge in [0.05, 0.1) is 45.6 Å². The number of ether oxygens (including phenoxy) is 2. The van der Waals surface area contributed by atoms with Gasteiger partial charge in [0.2, 0.25) is 5.91 Å². The van der Waals surface area contributed by atoms with Crippen molar-refractivity contribution in [1.29, 1.82) is 0 Å². The first-order chi connectivity index (χ1) is 16.5. The molecule has 1 aliphatic carbocycles. The van der Waals surface area contributed by atoms with E-state index >= 15 is 0 Å². The first-order valence-electron chi connectivity index (χ1n) is 12.2. The molecule has 0 unspecified atom stereocenters. The summed E-state index contributed by atoms with van der Waals surface area (Å²) in [4.78, 5) is 20.6. The lowest BCUT2D eigenvalue weighted by Gasteiger charge is -2.40. The molecule has 1 aromatic heterocycles. The maximum atomic E-state index is 12.9. The largest absolute Gasteiger partial charge is 0.394 e. The molecular weight excluding hydrogens is 434 g/mol. The number of benzene rings is 1. The second-order valence-corrected chi connectivity index (χ2v) is 8.61. The Hall–Kier alpha value is -2.23. The van der Waals surface area contributed by atoms with E-state index in [1.807, 2.05) is 4.90 Å². The molecule has 2 heterocycles. The molecule has 0 fully saturated rings. The van der Waals surface area contributed by atoms with Crippen LogP contribution in [0.4, 0.5) is 0 Å². The third kappa shape index (κ3) is 6.06. The van der Waals surface area contributed by atoms with Crippen molar-refractivity contribution in [3.8, 4) is 0 Å². The number of carbonyl (C=O) groups is 1. The van der Waals surface area contributed by atoms with Crippen LogP contribution < -0.4 is 0 Å². The van der Waals surface area contributed by atoms with Gasteiger partial charge in [-0.2, -0.15) is 0 Å². The van der Waals surface area contributed by atoms with Crippen LogP contribution in [0.1, 0.15) is 25.0 Å². The Kier molecular flexibility index (Phi) is 10.1. The predicted molar refractivity (Wildman–Crippen MR) is 134 cm³/mol. The first-order valence-corrected chi connectivity index (χ1v) is 12.2. The summed E-state index contributed by atoms with van der Waals surface area (Å²) >= 11 is 0. The highest BCUT2D eigenvalue weighted by atomic mass is 16.5. The van der Waals surface area contributed by atoms with Crippen molar-refractivity contribution in [1.82, 2.24) is 14.8 Å². The van der Waals surface area contributed by atoms with Crippen molar-refractivity contribution >= 4 is 22.4 Å². The van der Waals surface area contributed by atoms with Gasteiger partial charge in [0.15, 0.2) is 0 Å². The fourth-order valence-electron chi connectivity index (χ4n) is 4.83. The minimum Gasteiger partial charge on any atom is -0.394 e. The Morgan fingerprint density at radius 3 is 2.41 bits per heavy atom. The molecule has 0 saturated carbocycles. The fourth-order valence-corrected chi connectivity index (χ4v) is 4.83. The van der Waals surface area contributed by atoms with Crippen LogP contribution in [0, 0.1) is 5.92 Å². The Morgan fingerprint density at radius 1 is 1.12 bits per heavy atom. The quantitative estimate of drug-likeness (QED) is 0.456. The zero-order valence-electron chi connectivity index (χ0n) is 20.6. The Labute approximate surface area is 202 Å². The van der Waals surface area contributed by atoms with E-state index in [1.165, 1.54) is 27.6 Å². The van der Waals surface area contributed by atoms with Gasteiger partial charge in [0, 0.05) is 42.8 Å². The monoisotopic (exact) mass is 473 g/mol. The number of rotatable bonds is 10. The van der Waals surface area contributed by atoms with Crippen LogP contribution in [0.25, 0.3) is 16.5 Å². The van der Waals surface area contributed by atoms with Gasteiger partial charge in [0.1, 0.15) is 0 Å². The molecule has 34 heavy (non-hydrogen) atoms. The Morgan fingerprint density at radius 2 is 1.79 bits per heavy atom. The number of aromatic amines is 1. The van der Waals surface area contributed by atoms with Gasteiger partial charge in [0.25, 0.3) is 0 Å². The van der Waals surface area contributed by atoms with Crippen LogP contribution in [0.3, 0.4) is 0 Å². The summed E-state index contributed by atoms with van der Waals surface area (Å²) in [6.45, 7) is 8.19. The van der Waals surface area contributed by atoms with Crippen LogP contribution in [0.2, 0.25) is 0 Å². The zero-order chi connectivity index (χ0) is 24.5. The number of aliphatic hydroxyl groups excluding tert-OH is 2. The molecule has 0 saturated heterocycles. The zero-order valence-corrected chi connectivity index (χ0v) is 20.6. The lowest BCUT2D eigenvalue weighted by molar-refractivity contribution is -0.134. The SMILES string of the molecule is CCN(CC)C(=O)[C@@H]1C=C2c3cccc4[nH]cc(c34)C[C@H]2N(C)C1.OCCOCCOCCO. The highest BCUT2D eigenvalue weighted by molar-refractivity contribution is 5.99. The number of carbonyl (C=O) groups excluding carboxylic acids is 1. The molecule has 1 amide bonds. The number of hydrogen-bond donors (Lipinski definition) is 3. The number of likely N-dealkylation sites (N-methyl/N-ethyl adjacent to an activating group) is 1. The van der Waals surface area contributed by atoms with E-state index in [-0.39, 0.29) is 25.0 Å². The standard InChI is InChI=1S/C20H25N3O.C6H14O4/c1-4-23(5-2)20(24)14-9-16-15-7-6-8-17-19(15)13(11-21-17)10-18(16)22(3)12-14;7-1-3-9-5-6-10-4-2-8/h6-9,11,14,18,21H,4-5,10,12H2,1-3H3;7-8H,1-6H2/t14-,18-;/m1./s1. The fraction of sp³-hybridized carbons (Fsp3) is 0.577. The van der Waals surface area contributed by atoms with Crippen molar-refractivity contribution < 1.29 is 24.5 Å². The maximum Gasteiger partial charge on any atom is 0.230 e. The maximum absolute atomic E-state index is 12.9. The van der Waals surface area contributed by atoms with Gasteiger partial charge in [-0.25, -0.2) is 0 Å². The average Bonchev–Trinajstić information content (AvgIpc) is 3.27. The molecule has 4 rings (SSSR count). The number of aromatic nitrogens is 1. The normalized spacial score (nSPS) is 19.3. The number of nitrogens with zero attached hydrogens (tertiary/aromatic N) is 2. The van der Waals surface area contributed by atoms with Gasteiger partial charge in [-0.15, -0.1) is 0 Å². The Bertz CT molecular complexity index is 945. The Balaban J connectivity index is 0.000000277. The van der Waals surface area contributed by atoms with Crippen LogP contribution >= 0.6 is 0 Å². The van der Waals surface area contributed by atoms with E-state index in [0.717, 1.165) is 26.1 Å². The van der Waals surface area contributed by atoms with Crippen molar-refractivity contribution in [3.63, 3.8) is 0 Å². The van der Waals surface area contributed by atoms with E-state index in [2.05, 4.69) is 61.3 Å². The van der Waals surface area contributed by atoms with Crippen LogP contribution in [-0.4, -0.2) is 103 Å². The van der Waals surface area contributed by atoms with Gasteiger partial charge in [-0.05, 0) is 50.1 Å². The van der Waals surface area contributed by atoms with Crippen LogP contribution in [0.5, 0.6) is 0 Å². The van der Waals surface area contributed by atoms with E-state index < -0.39 is 0 Å². The molecule has 8 heteroatoms. The molecule has 3 N–H and O–H groups in total. The van der Waals surface area contributed by atoms with E-state index in [4.69, 9.17) is 19.7 Å². The van der Waals surface area contributed by atoms with Crippen LogP contribution in [0.15, 0.2) is 30.5 Å². The molecule has 0 bridgehead atoms. The summed E-state index contributed by atoms with van der Waals surface area (Å²) in [7, 11) is 2.15. The topological polar surface area (TPSA) is 98.3 Å². The summed E-state index contributed by atoms with van der Waals surface area (Å²) in [6.07, 6.45) is 5.41. The lowest BCUT2D eigenvalue weighted by atomic mass is 9.79. The van der Waals surface area contributed by atoms with E-state index in [1.54, 1.807) is 0 Å². The molecule has 0 spiro atoms. The summed E-state index contributed by atoms with van der Waals surface area (Å²) < 4.78 is 9.75. The third-order valence-electron chi connectivity index (χ3n) is 6.50. The molecule has 188 valence electrons. The van der Waals surface area contributed by atoms with Crippen LogP contribution in [-0.2, 0) is 20.7 Å². The molecule has 2 aromatic rings. The smallest absolute Gasteiger partial charge is 0.230 e. The molecule has 2 atom stereocenters. The number of amides is 1. The predicted octanol–water partition coefficient (Wildman–Crippen LogP) is 1.91. The van der Waals surface area contributed by atoms with Crippen molar-refractivity contribution in [3.05, 3.63) is 41.6 Å². The molecule has 8 nitrogen and oxygen atoms in total. The van der Waals surface area contributed by atoms with E-state index in [0.29, 0.717) is 32.5 Å². The number of nitrogens with one attached hydrogen (secondary N) is 1. The summed E-state index contributed by atoms with van der Waals surface area (Å²) in [5, 5.41) is 17.9. The first kappa shape index (κ1) is 26.4. The molecule has 1 aromatic carbocycles. The number of aliphatic hydroxyl groups is 2. The van der Waals surface area contributed by atoms with Gasteiger partial charge in [-0.3, -0.25) is 9.69 Å². The van der Waals surface area contributed by atoms with Crippen molar-refractivity contribution in [2.24, 2.45) is 5.92 Å². The number of hydrogen-bond acceptors (Lipinski definition) is 6. The molecular formula is C26H39N3O5. The van der Waals surface area contributed by atoms with Crippen molar-refractivity contribution in [2.45, 2.75) is 26.3 Å². The number of H-pyrrole nitrogens is 1. The molecule has 2 aliphatic rings.